The van der Waals surface area contributed by atoms with Gasteiger partial charge in [-0.1, -0.05) is 23.4 Å². The molecule has 0 aliphatic carbocycles. The monoisotopic (exact) mass is 482 g/mol. The highest BCUT2D eigenvalue weighted by Gasteiger charge is 2.21. The topological polar surface area (TPSA) is 114 Å². The van der Waals surface area contributed by atoms with E-state index >= 15 is 0 Å². The molecule has 4 aromatic rings. The number of fused-ring (bicyclic) bond motifs is 2. The predicted molar refractivity (Wildman–Crippen MR) is 130 cm³/mol. The van der Waals surface area contributed by atoms with Crippen molar-refractivity contribution in [2.24, 2.45) is 0 Å². The van der Waals surface area contributed by atoms with E-state index in [1.165, 1.54) is 5.56 Å². The fraction of sp³-hybridized carbons (Fsp3) is 0.360. The van der Waals surface area contributed by atoms with E-state index in [2.05, 4.69) is 27.6 Å². The Morgan fingerprint density at radius 1 is 1.15 bits per heavy atom. The molecule has 1 aliphatic rings. The molecule has 4 heterocycles. The zero-order valence-electron chi connectivity index (χ0n) is 18.7. The first-order valence-electron chi connectivity index (χ1n) is 11.4. The number of carboxylic acid groups (broad SMARTS) is 1. The Balaban J connectivity index is 0.00000274. The van der Waals surface area contributed by atoms with Crippen LogP contribution in [0.2, 0.25) is 0 Å². The summed E-state index contributed by atoms with van der Waals surface area (Å²) >= 11 is 0. The SMILES string of the molecule is Cl.O=C(O)CC(Cc1nc(CCCc2ccc3c(n2)NCCC3)no1)c1ccc2ccoc2c1. The van der Waals surface area contributed by atoms with Crippen LogP contribution in [-0.2, 0) is 30.5 Å². The van der Waals surface area contributed by atoms with Gasteiger partial charge in [0.1, 0.15) is 11.4 Å². The minimum atomic E-state index is -0.869. The van der Waals surface area contributed by atoms with E-state index in [0.717, 1.165) is 60.3 Å². The number of carbonyl (C=O) groups is 1. The van der Waals surface area contributed by atoms with Crippen molar-refractivity contribution >= 4 is 35.2 Å². The standard InChI is InChI=1S/C25H26N4O4.ClH/c30-24(31)15-19(18-7-6-16-10-12-32-21(16)13-18)14-23-28-22(29-33-23)5-1-4-20-9-8-17-3-2-11-26-25(17)27-20;/h6-10,12-13,19H,1-5,11,14-15H2,(H,26,27)(H,30,31);1H. The number of pyridine rings is 1. The van der Waals surface area contributed by atoms with Crippen molar-refractivity contribution in [3.8, 4) is 0 Å². The second-order valence-electron chi connectivity index (χ2n) is 8.52. The van der Waals surface area contributed by atoms with Gasteiger partial charge in [0.15, 0.2) is 5.82 Å². The van der Waals surface area contributed by atoms with Gasteiger partial charge in [-0.05, 0) is 55.0 Å². The summed E-state index contributed by atoms with van der Waals surface area (Å²) < 4.78 is 10.9. The molecule has 0 saturated heterocycles. The lowest BCUT2D eigenvalue weighted by molar-refractivity contribution is -0.137. The van der Waals surface area contributed by atoms with E-state index in [4.69, 9.17) is 13.9 Å². The van der Waals surface area contributed by atoms with Crippen LogP contribution in [0.4, 0.5) is 5.82 Å². The van der Waals surface area contributed by atoms with Crippen LogP contribution < -0.4 is 5.32 Å². The van der Waals surface area contributed by atoms with Crippen LogP contribution in [0.5, 0.6) is 0 Å². The molecule has 2 N–H and O–H groups in total. The maximum absolute atomic E-state index is 11.5. The van der Waals surface area contributed by atoms with E-state index in [-0.39, 0.29) is 24.7 Å². The highest BCUT2D eigenvalue weighted by Crippen LogP contribution is 2.28. The van der Waals surface area contributed by atoms with Gasteiger partial charge in [0, 0.05) is 36.4 Å². The van der Waals surface area contributed by atoms with Crippen LogP contribution in [0, 0.1) is 0 Å². The van der Waals surface area contributed by atoms with E-state index < -0.39 is 5.97 Å². The number of benzene rings is 1. The molecule has 178 valence electrons. The van der Waals surface area contributed by atoms with Gasteiger partial charge in [0.05, 0.1) is 12.7 Å². The summed E-state index contributed by atoms with van der Waals surface area (Å²) in [6.07, 6.45) is 6.57. The third kappa shape index (κ3) is 5.56. The fourth-order valence-corrected chi connectivity index (χ4v) is 4.36. The van der Waals surface area contributed by atoms with Crippen molar-refractivity contribution in [2.45, 2.75) is 50.9 Å². The van der Waals surface area contributed by atoms with Crippen LogP contribution in [0.25, 0.3) is 11.0 Å². The van der Waals surface area contributed by atoms with Gasteiger partial charge in [0.2, 0.25) is 5.89 Å². The lowest BCUT2D eigenvalue weighted by Crippen LogP contribution is -2.14. The maximum Gasteiger partial charge on any atom is 0.303 e. The van der Waals surface area contributed by atoms with Gasteiger partial charge < -0.3 is 19.4 Å². The summed E-state index contributed by atoms with van der Waals surface area (Å²) in [5.74, 6) is 0.949. The molecule has 9 heteroatoms. The molecule has 0 radical (unpaired) electrons. The lowest BCUT2D eigenvalue weighted by atomic mass is 9.92. The Morgan fingerprint density at radius 2 is 2.06 bits per heavy atom. The minimum Gasteiger partial charge on any atom is -0.481 e. The Bertz CT molecular complexity index is 1270. The Labute approximate surface area is 203 Å². The van der Waals surface area contributed by atoms with Gasteiger partial charge in [-0.15, -0.1) is 12.4 Å². The second-order valence-corrected chi connectivity index (χ2v) is 8.52. The molecule has 1 aromatic carbocycles. The molecule has 1 aliphatic heterocycles. The van der Waals surface area contributed by atoms with Gasteiger partial charge in [-0.25, -0.2) is 4.98 Å². The predicted octanol–water partition coefficient (Wildman–Crippen LogP) is 4.97. The van der Waals surface area contributed by atoms with Crippen molar-refractivity contribution < 1.29 is 18.8 Å². The molecule has 34 heavy (non-hydrogen) atoms. The average molecular weight is 483 g/mol. The molecule has 0 saturated carbocycles. The second kappa shape index (κ2) is 10.7. The third-order valence-corrected chi connectivity index (χ3v) is 6.09. The van der Waals surface area contributed by atoms with Crippen molar-refractivity contribution in [3.63, 3.8) is 0 Å². The highest BCUT2D eigenvalue weighted by atomic mass is 35.5. The molecular weight excluding hydrogens is 456 g/mol. The number of halogens is 1. The molecule has 0 fully saturated rings. The molecule has 3 aromatic heterocycles. The van der Waals surface area contributed by atoms with Gasteiger partial charge >= 0.3 is 5.97 Å². The van der Waals surface area contributed by atoms with Gasteiger partial charge in [-0.2, -0.15) is 4.98 Å². The summed E-state index contributed by atoms with van der Waals surface area (Å²) in [6, 6.07) is 11.9. The molecular formula is C25H27ClN4O4. The largest absolute Gasteiger partial charge is 0.481 e. The van der Waals surface area contributed by atoms with E-state index in [1.807, 2.05) is 24.3 Å². The first kappa shape index (κ1) is 23.8. The number of nitrogens with zero attached hydrogens (tertiary/aromatic N) is 3. The van der Waals surface area contributed by atoms with Gasteiger partial charge in [0.25, 0.3) is 0 Å². The number of aromatic nitrogens is 3. The Kier molecular flexibility index (Phi) is 7.47. The first-order chi connectivity index (χ1) is 16.1. The number of carboxylic acids is 1. The number of aryl methyl sites for hydroxylation is 3. The molecule has 5 rings (SSSR count). The minimum absolute atomic E-state index is 0. The van der Waals surface area contributed by atoms with Crippen LogP contribution in [0.15, 0.2) is 51.6 Å². The Morgan fingerprint density at radius 3 is 2.94 bits per heavy atom. The van der Waals surface area contributed by atoms with Crippen LogP contribution in [-0.4, -0.2) is 32.7 Å². The van der Waals surface area contributed by atoms with Crippen molar-refractivity contribution in [2.75, 3.05) is 11.9 Å². The number of nitrogens with one attached hydrogen (secondary N) is 1. The quantitative estimate of drug-likeness (QED) is 0.343. The number of furan rings is 1. The zero-order valence-corrected chi connectivity index (χ0v) is 19.5. The summed E-state index contributed by atoms with van der Waals surface area (Å²) in [4.78, 5) is 20.7. The van der Waals surface area contributed by atoms with Crippen molar-refractivity contribution in [1.29, 1.82) is 0 Å². The van der Waals surface area contributed by atoms with Crippen molar-refractivity contribution in [1.82, 2.24) is 15.1 Å². The van der Waals surface area contributed by atoms with Gasteiger partial charge in [-0.3, -0.25) is 4.79 Å². The smallest absolute Gasteiger partial charge is 0.303 e. The third-order valence-electron chi connectivity index (χ3n) is 6.09. The summed E-state index contributed by atoms with van der Waals surface area (Å²) in [7, 11) is 0. The molecule has 0 amide bonds. The number of anilines is 1. The number of hydrogen-bond donors (Lipinski definition) is 2. The molecule has 0 bridgehead atoms. The van der Waals surface area contributed by atoms with Crippen LogP contribution in [0.1, 0.15) is 53.7 Å². The lowest BCUT2D eigenvalue weighted by Gasteiger charge is -2.17. The zero-order chi connectivity index (χ0) is 22.6. The summed E-state index contributed by atoms with van der Waals surface area (Å²) in [5.41, 5.74) is 3.96. The molecule has 1 atom stereocenters. The average Bonchev–Trinajstić information content (AvgIpc) is 3.47. The number of hydrogen-bond acceptors (Lipinski definition) is 7. The number of aliphatic carboxylic acids is 1. The summed E-state index contributed by atoms with van der Waals surface area (Å²) in [5, 5.41) is 17.9. The van der Waals surface area contributed by atoms with E-state index in [9.17, 15) is 9.90 Å². The van der Waals surface area contributed by atoms with E-state index in [0.29, 0.717) is 24.6 Å². The van der Waals surface area contributed by atoms with Crippen LogP contribution >= 0.6 is 12.4 Å². The normalized spacial score (nSPS) is 13.6. The molecule has 1 unspecified atom stereocenters. The molecule has 8 nitrogen and oxygen atoms in total. The summed E-state index contributed by atoms with van der Waals surface area (Å²) in [6.45, 7) is 0.979. The fourth-order valence-electron chi connectivity index (χ4n) is 4.36. The van der Waals surface area contributed by atoms with Crippen LogP contribution in [0.3, 0.4) is 0 Å². The number of rotatable bonds is 9. The van der Waals surface area contributed by atoms with E-state index in [1.54, 1.807) is 6.26 Å². The molecule has 0 spiro atoms. The van der Waals surface area contributed by atoms with Crippen molar-refractivity contribution in [3.05, 3.63) is 71.2 Å². The Hall–Kier alpha value is -3.39. The first-order valence-corrected chi connectivity index (χ1v) is 11.4. The highest BCUT2D eigenvalue weighted by molar-refractivity contribution is 5.85. The maximum atomic E-state index is 11.5.